The van der Waals surface area contributed by atoms with Gasteiger partial charge in [0.25, 0.3) is 5.56 Å². The van der Waals surface area contributed by atoms with E-state index in [1.165, 1.54) is 28.0 Å². The zero-order valence-corrected chi connectivity index (χ0v) is 20.5. The molecule has 5 rings (SSSR count). The molecule has 174 valence electrons. The first-order valence-corrected chi connectivity index (χ1v) is 11.8. The Labute approximate surface area is 195 Å². The minimum atomic E-state index is -0.434. The van der Waals surface area contributed by atoms with Crippen LogP contribution in [0.2, 0.25) is 0 Å². The van der Waals surface area contributed by atoms with E-state index in [0.717, 1.165) is 18.5 Å². The zero-order valence-electron chi connectivity index (χ0n) is 19.7. The van der Waals surface area contributed by atoms with E-state index in [4.69, 9.17) is 4.98 Å². The second kappa shape index (κ2) is 7.33. The number of nitrogens with zero attached hydrogens (tertiary/aromatic N) is 6. The number of aryl methyl sites for hydroxylation is 1. The number of piperidine rings is 1. The Morgan fingerprint density at radius 1 is 1.15 bits per heavy atom. The van der Waals surface area contributed by atoms with E-state index in [2.05, 4.69) is 48.0 Å². The Hall–Kier alpha value is -2.85. The van der Waals surface area contributed by atoms with Crippen molar-refractivity contribution in [3.05, 3.63) is 46.4 Å². The molecule has 33 heavy (non-hydrogen) atoms. The number of halogens is 1. The van der Waals surface area contributed by atoms with Crippen molar-refractivity contribution in [2.45, 2.75) is 64.6 Å². The van der Waals surface area contributed by atoms with Gasteiger partial charge in [0.05, 0.1) is 5.69 Å². The quantitative estimate of drug-likeness (QED) is 0.493. The van der Waals surface area contributed by atoms with Crippen LogP contribution < -0.4 is 15.8 Å². The van der Waals surface area contributed by atoms with Gasteiger partial charge in [0.1, 0.15) is 10.8 Å². The Bertz CT molecular complexity index is 1420. The third-order valence-electron chi connectivity index (χ3n) is 6.18. The largest absolute Gasteiger partial charge is 0.356 e. The van der Waals surface area contributed by atoms with Crippen LogP contribution >= 0.6 is 11.3 Å². The Morgan fingerprint density at radius 2 is 1.85 bits per heavy atom. The van der Waals surface area contributed by atoms with Crippen LogP contribution in [0.25, 0.3) is 21.2 Å². The molecule has 10 heteroatoms. The summed E-state index contributed by atoms with van der Waals surface area (Å²) in [6.07, 6.45) is 5.40. The van der Waals surface area contributed by atoms with E-state index in [0.29, 0.717) is 21.3 Å². The van der Waals surface area contributed by atoms with Crippen molar-refractivity contribution in [1.29, 1.82) is 0 Å². The molecule has 0 spiro atoms. The summed E-state index contributed by atoms with van der Waals surface area (Å²) in [5.74, 6) is 0.192. The zero-order chi connectivity index (χ0) is 23.7. The van der Waals surface area contributed by atoms with E-state index in [1.807, 2.05) is 14.0 Å². The van der Waals surface area contributed by atoms with Crippen LogP contribution in [0.15, 0.2) is 29.3 Å². The average molecular weight is 470 g/mol. The molecular weight excluding hydrogens is 441 g/mol. The van der Waals surface area contributed by atoms with Crippen molar-refractivity contribution < 1.29 is 4.39 Å². The molecule has 4 aromatic heterocycles. The number of hydrogen-bond acceptors (Lipinski definition) is 7. The van der Waals surface area contributed by atoms with Crippen LogP contribution in [0, 0.1) is 12.7 Å². The third kappa shape index (κ3) is 4.02. The SMILES string of the molecule is Cc1cn2cc(-c3nn4c(=O)cc(N(C)C5CC(C)(C)NC(C)(C)C5)nc4s3)cc(F)c2n1. The minimum absolute atomic E-state index is 0.0220. The topological polar surface area (TPSA) is 79.8 Å². The molecular formula is C23H28FN7OS. The fraction of sp³-hybridized carbons (Fsp3) is 0.478. The van der Waals surface area contributed by atoms with Gasteiger partial charge >= 0.3 is 0 Å². The number of imidazole rings is 1. The van der Waals surface area contributed by atoms with E-state index in [1.54, 1.807) is 16.8 Å². The highest BCUT2D eigenvalue weighted by atomic mass is 32.1. The maximum absolute atomic E-state index is 14.6. The van der Waals surface area contributed by atoms with Gasteiger partial charge in [-0.2, -0.15) is 9.61 Å². The molecule has 1 N–H and O–H groups in total. The third-order valence-corrected chi connectivity index (χ3v) is 7.14. The number of pyridine rings is 1. The van der Waals surface area contributed by atoms with E-state index in [-0.39, 0.29) is 28.3 Å². The Morgan fingerprint density at radius 3 is 2.55 bits per heavy atom. The summed E-state index contributed by atoms with van der Waals surface area (Å²) < 4.78 is 17.5. The minimum Gasteiger partial charge on any atom is -0.356 e. The first-order valence-electron chi connectivity index (χ1n) is 11.0. The molecule has 4 aromatic rings. The molecule has 5 heterocycles. The van der Waals surface area contributed by atoms with E-state index < -0.39 is 5.82 Å². The molecule has 8 nitrogen and oxygen atoms in total. The fourth-order valence-corrected chi connectivity index (χ4v) is 6.00. The summed E-state index contributed by atoms with van der Waals surface area (Å²) in [7, 11) is 1.99. The molecule has 1 fully saturated rings. The number of fused-ring (bicyclic) bond motifs is 2. The van der Waals surface area contributed by atoms with Gasteiger partial charge in [-0.1, -0.05) is 11.3 Å². The van der Waals surface area contributed by atoms with E-state index in [9.17, 15) is 9.18 Å². The standard InChI is InChI=1S/C23H28FN7OS/c1-13-11-30-12-14(7-16(24)19(30)25-13)20-27-31-18(32)8-17(26-21(31)33-20)29(6)15-9-22(2,3)28-23(4,5)10-15/h7-8,11-12,15,28H,9-10H2,1-6H3. The molecule has 0 aromatic carbocycles. The number of hydrogen-bond donors (Lipinski definition) is 1. The molecule has 0 atom stereocenters. The highest BCUT2D eigenvalue weighted by molar-refractivity contribution is 7.19. The molecule has 1 aliphatic heterocycles. The van der Waals surface area contributed by atoms with Crippen molar-refractivity contribution in [3.8, 4) is 10.6 Å². The van der Waals surface area contributed by atoms with Gasteiger partial charge in [-0.3, -0.25) is 4.79 Å². The lowest BCUT2D eigenvalue weighted by Gasteiger charge is -2.49. The van der Waals surface area contributed by atoms with Crippen LogP contribution in [0.1, 0.15) is 46.2 Å². The van der Waals surface area contributed by atoms with E-state index >= 15 is 0 Å². The van der Waals surface area contributed by atoms with Crippen molar-refractivity contribution in [2.75, 3.05) is 11.9 Å². The van der Waals surface area contributed by atoms with Crippen molar-refractivity contribution in [1.82, 2.24) is 29.3 Å². The van der Waals surface area contributed by atoms with Gasteiger partial charge in [-0.05, 0) is 53.5 Å². The molecule has 0 radical (unpaired) electrons. The first kappa shape index (κ1) is 22.0. The summed E-state index contributed by atoms with van der Waals surface area (Å²) in [5, 5.41) is 8.64. The molecule has 1 saturated heterocycles. The Kier molecular flexibility index (Phi) is 4.88. The maximum Gasteiger partial charge on any atom is 0.277 e. The fourth-order valence-electron chi connectivity index (χ4n) is 5.12. The monoisotopic (exact) mass is 469 g/mol. The summed E-state index contributed by atoms with van der Waals surface area (Å²) >= 11 is 1.27. The van der Waals surface area contributed by atoms with Gasteiger partial charge in [0.2, 0.25) is 4.96 Å². The molecule has 0 aliphatic carbocycles. The molecule has 0 saturated carbocycles. The summed E-state index contributed by atoms with van der Waals surface area (Å²) in [4.78, 5) is 24.4. The maximum atomic E-state index is 14.6. The van der Waals surface area contributed by atoms with Crippen LogP contribution in [-0.2, 0) is 0 Å². The number of anilines is 1. The smallest absolute Gasteiger partial charge is 0.277 e. The first-order chi connectivity index (χ1) is 15.4. The van der Waals surface area contributed by atoms with Crippen LogP contribution in [0.4, 0.5) is 10.2 Å². The Balaban J connectivity index is 1.53. The van der Waals surface area contributed by atoms with Gasteiger partial charge in [-0.15, -0.1) is 0 Å². The number of aromatic nitrogens is 5. The summed E-state index contributed by atoms with van der Waals surface area (Å²) in [6.45, 7) is 10.6. The lowest BCUT2D eigenvalue weighted by molar-refractivity contribution is 0.160. The lowest BCUT2D eigenvalue weighted by atomic mass is 9.79. The predicted molar refractivity (Wildman–Crippen MR) is 129 cm³/mol. The van der Waals surface area contributed by atoms with Gasteiger partial charge < -0.3 is 14.6 Å². The molecule has 1 aliphatic rings. The van der Waals surface area contributed by atoms with Crippen molar-refractivity contribution >= 4 is 27.8 Å². The van der Waals surface area contributed by atoms with Crippen molar-refractivity contribution in [3.63, 3.8) is 0 Å². The predicted octanol–water partition coefficient (Wildman–Crippen LogP) is 3.66. The van der Waals surface area contributed by atoms with Gasteiger partial charge in [0, 0.05) is 48.2 Å². The second-order valence-electron chi connectivity index (χ2n) is 10.3. The van der Waals surface area contributed by atoms with Gasteiger partial charge in [-0.25, -0.2) is 14.4 Å². The normalized spacial score (nSPS) is 18.3. The molecule has 0 unspecified atom stereocenters. The summed E-state index contributed by atoms with van der Waals surface area (Å²) in [5.41, 5.74) is 1.27. The highest BCUT2D eigenvalue weighted by Gasteiger charge is 2.39. The summed E-state index contributed by atoms with van der Waals surface area (Å²) in [6, 6.07) is 3.16. The second-order valence-corrected chi connectivity index (χ2v) is 11.3. The van der Waals surface area contributed by atoms with Crippen LogP contribution in [0.5, 0.6) is 0 Å². The number of rotatable bonds is 3. The lowest BCUT2D eigenvalue weighted by Crippen LogP contribution is -2.62. The highest BCUT2D eigenvalue weighted by Crippen LogP contribution is 2.33. The molecule has 0 bridgehead atoms. The molecule has 0 amide bonds. The van der Waals surface area contributed by atoms with Crippen molar-refractivity contribution in [2.24, 2.45) is 0 Å². The van der Waals surface area contributed by atoms with Crippen LogP contribution in [0.3, 0.4) is 0 Å². The van der Waals surface area contributed by atoms with Crippen LogP contribution in [-0.4, -0.2) is 48.2 Å². The average Bonchev–Trinajstić information content (AvgIpc) is 3.28. The number of nitrogens with one attached hydrogen (secondary N) is 1. The van der Waals surface area contributed by atoms with Gasteiger partial charge in [0.15, 0.2) is 11.5 Å².